The number of carbonyl (C=O) groups excluding carboxylic acids is 2. The van der Waals surface area contributed by atoms with Crippen LogP contribution in [0.4, 0.5) is 0 Å². The zero-order valence-electron chi connectivity index (χ0n) is 12.1. The van der Waals surface area contributed by atoms with Gasteiger partial charge in [0.05, 0.1) is 12.5 Å². The van der Waals surface area contributed by atoms with E-state index in [1.807, 2.05) is 6.07 Å². The van der Waals surface area contributed by atoms with Crippen LogP contribution in [-0.4, -0.2) is 17.0 Å². The molecule has 0 aliphatic heterocycles. The molecular weight excluding hydrogens is 296 g/mol. The van der Waals surface area contributed by atoms with Crippen LogP contribution in [0, 0.1) is 0 Å². The van der Waals surface area contributed by atoms with Crippen LogP contribution in [0.25, 0.3) is 10.8 Å². The highest BCUT2D eigenvalue weighted by molar-refractivity contribution is 6.01. The molecule has 0 saturated heterocycles. The van der Waals surface area contributed by atoms with E-state index in [4.69, 9.17) is 9.62 Å². The number of hydrogen-bond donors (Lipinski definition) is 3. The molecule has 0 saturated carbocycles. The van der Waals surface area contributed by atoms with E-state index in [0.717, 1.165) is 16.3 Å². The molecule has 3 rings (SSSR count). The van der Waals surface area contributed by atoms with Gasteiger partial charge in [-0.25, -0.2) is 5.48 Å². The van der Waals surface area contributed by atoms with Crippen molar-refractivity contribution in [2.75, 3.05) is 0 Å². The Morgan fingerprint density at radius 2 is 1.65 bits per heavy atom. The molecule has 6 nitrogen and oxygen atoms in total. The minimum Gasteiger partial charge on any atom is -0.472 e. The van der Waals surface area contributed by atoms with Crippen LogP contribution in [0.3, 0.4) is 0 Å². The average molecular weight is 310 g/mol. The monoisotopic (exact) mass is 310 g/mol. The first kappa shape index (κ1) is 14.8. The minimum absolute atomic E-state index is 0.217. The van der Waals surface area contributed by atoms with Gasteiger partial charge >= 0.3 is 0 Å². The lowest BCUT2D eigenvalue weighted by Gasteiger charge is -2.06. The van der Waals surface area contributed by atoms with Gasteiger partial charge in [0.25, 0.3) is 11.8 Å². The summed E-state index contributed by atoms with van der Waals surface area (Å²) in [6, 6.07) is 12.0. The van der Waals surface area contributed by atoms with Crippen molar-refractivity contribution in [1.29, 1.82) is 0 Å². The van der Waals surface area contributed by atoms with E-state index in [1.165, 1.54) is 0 Å². The predicted molar refractivity (Wildman–Crippen MR) is 83.1 cm³/mol. The van der Waals surface area contributed by atoms with E-state index in [-0.39, 0.29) is 5.91 Å². The first-order valence-electron chi connectivity index (χ1n) is 6.95. The van der Waals surface area contributed by atoms with Crippen molar-refractivity contribution >= 4 is 22.6 Å². The maximum absolute atomic E-state index is 12.2. The molecule has 0 fully saturated rings. The number of carbonyl (C=O) groups is 2. The quantitative estimate of drug-likeness (QED) is 0.510. The Balaban J connectivity index is 1.83. The topological polar surface area (TPSA) is 91.6 Å². The summed E-state index contributed by atoms with van der Waals surface area (Å²) in [4.78, 5) is 23.7. The van der Waals surface area contributed by atoms with Crippen LogP contribution in [-0.2, 0) is 6.54 Å². The zero-order valence-corrected chi connectivity index (χ0v) is 12.1. The number of hydroxylamine groups is 1. The highest BCUT2D eigenvalue weighted by Gasteiger charge is 2.09. The van der Waals surface area contributed by atoms with Crippen molar-refractivity contribution in [2.24, 2.45) is 0 Å². The van der Waals surface area contributed by atoms with E-state index in [2.05, 4.69) is 5.32 Å². The second kappa shape index (κ2) is 6.33. The molecular formula is C17H14N2O4. The Kier molecular flexibility index (Phi) is 4.07. The van der Waals surface area contributed by atoms with Gasteiger partial charge in [-0.1, -0.05) is 12.1 Å². The molecule has 0 aliphatic carbocycles. The molecule has 0 radical (unpaired) electrons. The van der Waals surface area contributed by atoms with E-state index in [9.17, 15) is 9.59 Å². The molecule has 2 aromatic carbocycles. The first-order chi connectivity index (χ1) is 11.2. The fourth-order valence-electron chi connectivity index (χ4n) is 2.27. The standard InChI is InChI=1S/C17H14N2O4/c20-16(18-9-11-5-6-23-10-11)13-3-1-12-2-4-14(17(21)19-22)8-15(12)7-13/h1-8,10,22H,9H2,(H,18,20)(H,19,21). The van der Waals surface area contributed by atoms with Gasteiger partial charge in [0, 0.05) is 23.2 Å². The summed E-state index contributed by atoms with van der Waals surface area (Å²) >= 11 is 0. The van der Waals surface area contributed by atoms with E-state index in [1.54, 1.807) is 54.4 Å². The highest BCUT2D eigenvalue weighted by atomic mass is 16.5. The predicted octanol–water partition coefficient (Wildman–Crippen LogP) is 2.48. The molecule has 0 unspecified atom stereocenters. The second-order valence-electron chi connectivity index (χ2n) is 5.03. The van der Waals surface area contributed by atoms with Gasteiger partial charge in [-0.15, -0.1) is 0 Å². The van der Waals surface area contributed by atoms with Gasteiger partial charge in [-0.2, -0.15) is 0 Å². The van der Waals surface area contributed by atoms with E-state index < -0.39 is 5.91 Å². The minimum atomic E-state index is -0.596. The Bertz CT molecular complexity index is 856. The molecule has 3 aromatic rings. The number of amides is 2. The Morgan fingerprint density at radius 3 is 2.26 bits per heavy atom. The molecule has 0 aliphatic rings. The average Bonchev–Trinajstić information content (AvgIpc) is 3.11. The van der Waals surface area contributed by atoms with Crippen molar-refractivity contribution < 1.29 is 19.2 Å². The van der Waals surface area contributed by atoms with Crippen molar-refractivity contribution in [3.05, 3.63) is 71.7 Å². The third kappa shape index (κ3) is 3.22. The van der Waals surface area contributed by atoms with Crippen molar-refractivity contribution in [1.82, 2.24) is 10.8 Å². The Morgan fingerprint density at radius 1 is 0.957 bits per heavy atom. The summed E-state index contributed by atoms with van der Waals surface area (Å²) in [6.45, 7) is 0.375. The summed E-state index contributed by atoms with van der Waals surface area (Å²) in [6.07, 6.45) is 3.12. The summed E-state index contributed by atoms with van der Waals surface area (Å²) in [7, 11) is 0. The van der Waals surface area contributed by atoms with Gasteiger partial charge in [0.1, 0.15) is 0 Å². The summed E-state index contributed by atoms with van der Waals surface area (Å²) in [5.74, 6) is -0.813. The smallest absolute Gasteiger partial charge is 0.274 e. The molecule has 0 bridgehead atoms. The number of hydrogen-bond acceptors (Lipinski definition) is 4. The van der Waals surface area contributed by atoms with Crippen molar-refractivity contribution in [3.8, 4) is 0 Å². The maximum atomic E-state index is 12.2. The first-order valence-corrected chi connectivity index (χ1v) is 6.95. The lowest BCUT2D eigenvalue weighted by atomic mass is 10.0. The van der Waals surface area contributed by atoms with Crippen LogP contribution in [0.1, 0.15) is 26.3 Å². The number of rotatable bonds is 4. The van der Waals surface area contributed by atoms with E-state index in [0.29, 0.717) is 17.7 Å². The SMILES string of the molecule is O=C(NO)c1ccc2ccc(C(=O)NCc3ccoc3)cc2c1. The second-order valence-corrected chi connectivity index (χ2v) is 5.03. The Labute approximate surface area is 131 Å². The lowest BCUT2D eigenvalue weighted by molar-refractivity contribution is 0.0706. The van der Waals surface area contributed by atoms with Gasteiger partial charge in [-0.3, -0.25) is 14.8 Å². The molecule has 6 heteroatoms. The van der Waals surface area contributed by atoms with Crippen LogP contribution >= 0.6 is 0 Å². The van der Waals surface area contributed by atoms with Crippen LogP contribution in [0.15, 0.2) is 59.4 Å². The molecule has 23 heavy (non-hydrogen) atoms. The largest absolute Gasteiger partial charge is 0.472 e. The van der Waals surface area contributed by atoms with E-state index >= 15 is 0 Å². The Hall–Kier alpha value is -3.12. The van der Waals surface area contributed by atoms with Gasteiger partial charge in [0.15, 0.2) is 0 Å². The molecule has 0 atom stereocenters. The molecule has 1 heterocycles. The van der Waals surface area contributed by atoms with Gasteiger partial charge in [0.2, 0.25) is 0 Å². The normalized spacial score (nSPS) is 10.5. The summed E-state index contributed by atoms with van der Waals surface area (Å²) in [5.41, 5.74) is 3.27. The lowest BCUT2D eigenvalue weighted by Crippen LogP contribution is -2.22. The van der Waals surface area contributed by atoms with Crippen molar-refractivity contribution in [3.63, 3.8) is 0 Å². The third-order valence-corrected chi connectivity index (χ3v) is 3.50. The molecule has 2 amide bonds. The molecule has 116 valence electrons. The third-order valence-electron chi connectivity index (χ3n) is 3.50. The van der Waals surface area contributed by atoms with Crippen LogP contribution < -0.4 is 10.8 Å². The van der Waals surface area contributed by atoms with Crippen LogP contribution in [0.5, 0.6) is 0 Å². The highest BCUT2D eigenvalue weighted by Crippen LogP contribution is 2.18. The number of fused-ring (bicyclic) bond motifs is 1. The van der Waals surface area contributed by atoms with Gasteiger partial charge in [-0.05, 0) is 41.1 Å². The number of benzene rings is 2. The summed E-state index contributed by atoms with van der Waals surface area (Å²) < 4.78 is 4.95. The molecule has 3 N–H and O–H groups in total. The maximum Gasteiger partial charge on any atom is 0.274 e. The van der Waals surface area contributed by atoms with Gasteiger partial charge < -0.3 is 9.73 Å². The summed E-state index contributed by atoms with van der Waals surface area (Å²) in [5, 5.41) is 13.1. The van der Waals surface area contributed by atoms with Crippen LogP contribution in [0.2, 0.25) is 0 Å². The fourth-order valence-corrected chi connectivity index (χ4v) is 2.27. The number of nitrogens with one attached hydrogen (secondary N) is 2. The number of furan rings is 1. The fraction of sp³-hybridized carbons (Fsp3) is 0.0588. The molecule has 1 aromatic heterocycles. The van der Waals surface area contributed by atoms with Crippen molar-refractivity contribution in [2.45, 2.75) is 6.54 Å². The molecule has 0 spiro atoms. The zero-order chi connectivity index (χ0) is 16.2.